The van der Waals surface area contributed by atoms with E-state index in [1.807, 2.05) is 0 Å². The Hall–Kier alpha value is -1.74. The Morgan fingerprint density at radius 3 is 2.52 bits per heavy atom. The highest BCUT2D eigenvalue weighted by Gasteiger charge is 2.24. The van der Waals surface area contributed by atoms with Crippen LogP contribution in [0.2, 0.25) is 0 Å². The fraction of sp³-hybridized carbons (Fsp3) is 0.562. The number of carbonyl (C=O) groups excluding carboxylic acids is 1. The molecule has 1 aliphatic heterocycles. The molecule has 1 saturated heterocycles. The average Bonchev–Trinajstić information content (AvgIpc) is 2.54. The molecule has 9 heteroatoms. The summed E-state index contributed by atoms with van der Waals surface area (Å²) in [5.74, 6) is -0.217. The predicted octanol–water partition coefficient (Wildman–Crippen LogP) is 1.86. The lowest BCUT2D eigenvalue weighted by Gasteiger charge is -2.34. The highest BCUT2D eigenvalue weighted by molar-refractivity contribution is 7.92. The molecule has 1 fully saturated rings. The summed E-state index contributed by atoms with van der Waals surface area (Å²) >= 11 is 0. The summed E-state index contributed by atoms with van der Waals surface area (Å²) in [5, 5.41) is 0. The second-order valence-corrected chi connectivity index (χ2v) is 7.83. The van der Waals surface area contributed by atoms with E-state index in [0.29, 0.717) is 43.9 Å². The van der Waals surface area contributed by atoms with Gasteiger partial charge in [-0.25, -0.2) is 17.2 Å². The third kappa shape index (κ3) is 5.93. The number of carbonyl (C=O) groups is 1. The van der Waals surface area contributed by atoms with E-state index < -0.39 is 16.4 Å². The van der Waals surface area contributed by atoms with Crippen molar-refractivity contribution in [3.05, 3.63) is 29.8 Å². The highest BCUT2D eigenvalue weighted by Crippen LogP contribution is 2.16. The lowest BCUT2D eigenvalue weighted by Crippen LogP contribution is -2.49. The maximum atomic E-state index is 12.6. The number of alkyl halides is 2. The Bertz CT molecular complexity index is 690. The molecule has 140 valence electrons. The summed E-state index contributed by atoms with van der Waals surface area (Å²) in [7, 11) is -3.42. The molecule has 1 aromatic carbocycles. The van der Waals surface area contributed by atoms with Crippen molar-refractivity contribution < 1.29 is 22.0 Å². The minimum absolute atomic E-state index is 0.0112. The lowest BCUT2D eigenvalue weighted by molar-refractivity contribution is 0.0459. The van der Waals surface area contributed by atoms with E-state index in [1.165, 1.54) is 6.07 Å². The maximum Gasteiger partial charge on any atom is 0.254 e. The van der Waals surface area contributed by atoms with E-state index >= 15 is 0 Å². The number of anilines is 1. The Balaban J connectivity index is 2.00. The minimum Gasteiger partial charge on any atom is -0.336 e. The summed E-state index contributed by atoms with van der Waals surface area (Å²) in [4.78, 5) is 15.8. The summed E-state index contributed by atoms with van der Waals surface area (Å²) < 4.78 is 50.9. The van der Waals surface area contributed by atoms with E-state index in [4.69, 9.17) is 0 Å². The van der Waals surface area contributed by atoms with Gasteiger partial charge in [0.15, 0.2) is 0 Å². The quantitative estimate of drug-likeness (QED) is 0.790. The van der Waals surface area contributed by atoms with Gasteiger partial charge in [0.2, 0.25) is 10.0 Å². The fourth-order valence-corrected chi connectivity index (χ4v) is 3.85. The first-order chi connectivity index (χ1) is 11.8. The molecular formula is C16H23F2N3O3S. The molecule has 0 spiro atoms. The molecule has 25 heavy (non-hydrogen) atoms. The fourth-order valence-electron chi connectivity index (χ4n) is 2.73. The molecule has 2 rings (SSSR count). The Kier molecular flexibility index (Phi) is 6.71. The van der Waals surface area contributed by atoms with Gasteiger partial charge in [-0.3, -0.25) is 14.4 Å². The van der Waals surface area contributed by atoms with Crippen molar-refractivity contribution in [2.45, 2.75) is 19.8 Å². The third-order valence-corrected chi connectivity index (χ3v) is 5.40. The summed E-state index contributed by atoms with van der Waals surface area (Å²) in [6.07, 6.45) is -1.88. The zero-order chi connectivity index (χ0) is 18.4. The molecule has 0 aromatic heterocycles. The highest BCUT2D eigenvalue weighted by atomic mass is 32.2. The summed E-state index contributed by atoms with van der Waals surface area (Å²) in [6.45, 7) is 3.04. The number of halogens is 2. The second kappa shape index (κ2) is 8.57. The molecule has 1 amide bonds. The number of amides is 1. The zero-order valence-corrected chi connectivity index (χ0v) is 14.9. The van der Waals surface area contributed by atoms with Crippen molar-refractivity contribution in [2.75, 3.05) is 43.2 Å². The largest absolute Gasteiger partial charge is 0.336 e. The van der Waals surface area contributed by atoms with Crippen LogP contribution >= 0.6 is 0 Å². The van der Waals surface area contributed by atoms with E-state index in [0.717, 1.165) is 0 Å². The molecule has 0 unspecified atom stereocenters. The molecule has 0 aliphatic carbocycles. The average molecular weight is 375 g/mol. The molecular weight excluding hydrogens is 352 g/mol. The summed E-state index contributed by atoms with van der Waals surface area (Å²) in [6, 6.07) is 6.32. The normalized spacial score (nSPS) is 16.2. The molecule has 0 saturated carbocycles. The van der Waals surface area contributed by atoms with Gasteiger partial charge in [-0.1, -0.05) is 13.0 Å². The van der Waals surface area contributed by atoms with Crippen LogP contribution in [-0.4, -0.2) is 69.0 Å². The third-order valence-electron chi connectivity index (χ3n) is 3.91. The number of nitrogens with zero attached hydrogens (tertiary/aromatic N) is 2. The van der Waals surface area contributed by atoms with E-state index in [-0.39, 0.29) is 18.2 Å². The van der Waals surface area contributed by atoms with Crippen LogP contribution in [0, 0.1) is 0 Å². The molecule has 1 N–H and O–H groups in total. The molecule has 0 bridgehead atoms. The van der Waals surface area contributed by atoms with Gasteiger partial charge >= 0.3 is 0 Å². The van der Waals surface area contributed by atoms with Gasteiger partial charge in [-0.05, 0) is 24.6 Å². The number of rotatable bonds is 7. The van der Waals surface area contributed by atoms with Crippen molar-refractivity contribution in [3.63, 3.8) is 0 Å². The van der Waals surface area contributed by atoms with Crippen LogP contribution in [0.25, 0.3) is 0 Å². The zero-order valence-electron chi connectivity index (χ0n) is 14.1. The van der Waals surface area contributed by atoms with E-state index in [9.17, 15) is 22.0 Å². The van der Waals surface area contributed by atoms with Gasteiger partial charge in [-0.2, -0.15) is 0 Å². The number of nitrogens with one attached hydrogen (secondary N) is 1. The standard InChI is InChI=1S/C16H23F2N3O3S/c1-2-10-25(23,24)19-14-5-3-4-13(11-14)16(22)21-8-6-20(7-9-21)12-15(17)18/h3-5,11,15,19H,2,6-10,12H2,1H3. The van der Waals surface area contributed by atoms with E-state index in [2.05, 4.69) is 4.72 Å². The minimum atomic E-state index is -3.42. The number of piperazine rings is 1. The molecule has 6 nitrogen and oxygen atoms in total. The van der Waals surface area contributed by atoms with Gasteiger partial charge in [-0.15, -0.1) is 0 Å². The van der Waals surface area contributed by atoms with Crippen molar-refractivity contribution in [2.24, 2.45) is 0 Å². The van der Waals surface area contributed by atoms with Crippen molar-refractivity contribution in [3.8, 4) is 0 Å². The summed E-state index contributed by atoms with van der Waals surface area (Å²) in [5.41, 5.74) is 0.717. The van der Waals surface area contributed by atoms with Crippen LogP contribution in [0.4, 0.5) is 14.5 Å². The lowest BCUT2D eigenvalue weighted by atomic mass is 10.1. The predicted molar refractivity (Wildman–Crippen MR) is 92.5 cm³/mol. The first-order valence-corrected chi connectivity index (χ1v) is 9.86. The first kappa shape index (κ1) is 19.6. The molecule has 0 atom stereocenters. The van der Waals surface area contributed by atoms with Gasteiger partial charge in [0.1, 0.15) is 0 Å². The van der Waals surface area contributed by atoms with Gasteiger partial charge < -0.3 is 4.90 Å². The van der Waals surface area contributed by atoms with Crippen molar-refractivity contribution in [1.29, 1.82) is 0 Å². The van der Waals surface area contributed by atoms with Crippen LogP contribution in [-0.2, 0) is 10.0 Å². The number of sulfonamides is 1. The van der Waals surface area contributed by atoms with Crippen LogP contribution in [0.3, 0.4) is 0 Å². The first-order valence-electron chi connectivity index (χ1n) is 8.21. The van der Waals surface area contributed by atoms with Crippen LogP contribution < -0.4 is 4.72 Å². The van der Waals surface area contributed by atoms with Gasteiger partial charge in [0.05, 0.1) is 12.3 Å². The SMILES string of the molecule is CCCS(=O)(=O)Nc1cccc(C(=O)N2CCN(CC(F)F)CC2)c1. The van der Waals surface area contributed by atoms with Crippen molar-refractivity contribution >= 4 is 21.6 Å². The monoisotopic (exact) mass is 375 g/mol. The Morgan fingerprint density at radius 1 is 1.24 bits per heavy atom. The maximum absolute atomic E-state index is 12.6. The molecule has 1 aliphatic rings. The number of hydrogen-bond donors (Lipinski definition) is 1. The Morgan fingerprint density at radius 2 is 1.92 bits per heavy atom. The van der Waals surface area contributed by atoms with Crippen LogP contribution in [0.15, 0.2) is 24.3 Å². The smallest absolute Gasteiger partial charge is 0.254 e. The van der Waals surface area contributed by atoms with Crippen LogP contribution in [0.1, 0.15) is 23.7 Å². The van der Waals surface area contributed by atoms with Gasteiger partial charge in [0.25, 0.3) is 12.3 Å². The Labute approximate surface area is 146 Å². The second-order valence-electron chi connectivity index (χ2n) is 5.99. The molecule has 0 radical (unpaired) electrons. The molecule has 1 heterocycles. The van der Waals surface area contributed by atoms with Gasteiger partial charge in [0, 0.05) is 37.4 Å². The van der Waals surface area contributed by atoms with E-state index in [1.54, 1.807) is 34.9 Å². The van der Waals surface area contributed by atoms with Crippen LogP contribution in [0.5, 0.6) is 0 Å². The molecule has 1 aromatic rings. The van der Waals surface area contributed by atoms with Crippen molar-refractivity contribution in [1.82, 2.24) is 9.80 Å². The number of benzene rings is 1. The topological polar surface area (TPSA) is 69.7 Å². The number of hydrogen-bond acceptors (Lipinski definition) is 4.